The Bertz CT molecular complexity index is 958. The van der Waals surface area contributed by atoms with E-state index in [1.807, 2.05) is 48.5 Å². The van der Waals surface area contributed by atoms with Gasteiger partial charge in [-0.15, -0.1) is 13.2 Å². The molecule has 3 aliphatic rings. The first kappa shape index (κ1) is 31.3. The molecule has 0 aromatic heterocycles. The molecule has 0 aromatic carbocycles. The highest BCUT2D eigenvalue weighted by Crippen LogP contribution is 2.65. The summed E-state index contributed by atoms with van der Waals surface area (Å²) in [4.78, 5) is 48.5. The third-order valence-electron chi connectivity index (χ3n) is 9.01. The summed E-state index contributed by atoms with van der Waals surface area (Å²) in [5.41, 5.74) is -2.45. The Morgan fingerprint density at radius 3 is 2.28 bits per heavy atom. The van der Waals surface area contributed by atoms with Crippen LogP contribution in [0.3, 0.4) is 0 Å². The van der Waals surface area contributed by atoms with Gasteiger partial charge in [-0.25, -0.2) is 0 Å². The number of carbonyl (C=O) groups is 3. The normalized spacial score (nSPS) is 30.4. The molecule has 0 saturated carbocycles. The van der Waals surface area contributed by atoms with Crippen LogP contribution in [0.1, 0.15) is 80.6 Å². The Balaban J connectivity index is 2.22. The molecule has 220 valence electrons. The molecular formula is C31H51N3O5. The van der Waals surface area contributed by atoms with Crippen LogP contribution in [0.5, 0.6) is 0 Å². The zero-order valence-corrected chi connectivity index (χ0v) is 25.2. The van der Waals surface area contributed by atoms with Gasteiger partial charge in [0.1, 0.15) is 11.6 Å². The molecule has 1 spiro atoms. The van der Waals surface area contributed by atoms with Crippen LogP contribution in [0.2, 0.25) is 0 Å². The number of hydrogen-bond acceptors (Lipinski definition) is 5. The number of hydrogen-bond donors (Lipinski definition) is 1. The van der Waals surface area contributed by atoms with Crippen molar-refractivity contribution >= 4 is 17.7 Å². The highest BCUT2D eigenvalue weighted by Gasteiger charge is 2.79. The monoisotopic (exact) mass is 545 g/mol. The van der Waals surface area contributed by atoms with E-state index in [-0.39, 0.29) is 30.2 Å². The number of aliphatic hydroxyl groups excluding tert-OH is 1. The van der Waals surface area contributed by atoms with Crippen LogP contribution in [0.4, 0.5) is 0 Å². The van der Waals surface area contributed by atoms with Crippen molar-refractivity contribution in [1.82, 2.24) is 14.7 Å². The van der Waals surface area contributed by atoms with Crippen molar-refractivity contribution in [3.8, 4) is 0 Å². The minimum atomic E-state index is -1.12. The molecule has 3 amide bonds. The van der Waals surface area contributed by atoms with Crippen LogP contribution in [0.25, 0.3) is 0 Å². The molecule has 3 heterocycles. The second-order valence-electron chi connectivity index (χ2n) is 13.0. The Morgan fingerprint density at radius 1 is 1.15 bits per heavy atom. The van der Waals surface area contributed by atoms with Gasteiger partial charge in [-0.2, -0.15) is 0 Å². The molecule has 0 radical (unpaired) electrons. The van der Waals surface area contributed by atoms with Gasteiger partial charge in [0.2, 0.25) is 17.7 Å². The maximum absolute atomic E-state index is 14.6. The Kier molecular flexibility index (Phi) is 9.43. The Labute approximate surface area is 235 Å². The smallest absolute Gasteiger partial charge is 0.249 e. The van der Waals surface area contributed by atoms with Crippen LogP contribution in [-0.2, 0) is 19.1 Å². The molecule has 1 N–H and O–H groups in total. The van der Waals surface area contributed by atoms with Crippen molar-refractivity contribution in [1.29, 1.82) is 0 Å². The molecule has 0 aromatic rings. The summed E-state index contributed by atoms with van der Waals surface area (Å²) < 4.78 is 6.95. The van der Waals surface area contributed by atoms with Gasteiger partial charge in [-0.1, -0.05) is 39.8 Å². The average Bonchev–Trinajstić information content (AvgIpc) is 3.47. The molecular weight excluding hydrogens is 494 g/mol. The molecule has 3 aliphatic heterocycles. The molecule has 3 rings (SSSR count). The highest BCUT2D eigenvalue weighted by molar-refractivity contribution is 5.99. The first-order valence-corrected chi connectivity index (χ1v) is 14.7. The number of carbonyl (C=O) groups excluding carboxylic acids is 3. The van der Waals surface area contributed by atoms with Gasteiger partial charge in [0.15, 0.2) is 0 Å². The second-order valence-corrected chi connectivity index (χ2v) is 13.0. The van der Waals surface area contributed by atoms with E-state index in [1.54, 1.807) is 26.9 Å². The van der Waals surface area contributed by atoms with E-state index in [4.69, 9.17) is 4.74 Å². The summed E-state index contributed by atoms with van der Waals surface area (Å²) in [6.07, 6.45) is 6.45. The number of likely N-dealkylation sites (tertiary alicyclic amines) is 1. The minimum Gasteiger partial charge on any atom is -0.394 e. The zero-order valence-electron chi connectivity index (χ0n) is 25.2. The lowest BCUT2D eigenvalue weighted by molar-refractivity contribution is -0.160. The van der Waals surface area contributed by atoms with E-state index in [9.17, 15) is 19.5 Å². The van der Waals surface area contributed by atoms with Crippen molar-refractivity contribution < 1.29 is 24.2 Å². The van der Waals surface area contributed by atoms with Gasteiger partial charge in [0.05, 0.1) is 30.1 Å². The standard InChI is InChI=1S/C31H51N3O5/c1-10-16-32(17-11-2)26(36)23-24-27(37)34(22(20-35)19-21(5)6)25(28(38)33(18-12-3)29(7,8)9)31(24)15-14-30(23,13-4)39-31/h10,12,21-25,35H,1,3,11,13-20H2,2,4-9H3/t22-,23-,24+,25?,30+,31?/m1/s1. The summed E-state index contributed by atoms with van der Waals surface area (Å²) >= 11 is 0. The van der Waals surface area contributed by atoms with Crippen LogP contribution in [0, 0.1) is 17.8 Å². The van der Waals surface area contributed by atoms with Crippen molar-refractivity contribution in [2.45, 2.75) is 109 Å². The van der Waals surface area contributed by atoms with E-state index in [0.717, 1.165) is 6.42 Å². The summed E-state index contributed by atoms with van der Waals surface area (Å²) in [5, 5.41) is 10.5. The number of ether oxygens (including phenoxy) is 1. The Hall–Kier alpha value is -2.19. The van der Waals surface area contributed by atoms with Gasteiger partial charge in [0, 0.05) is 25.2 Å². The van der Waals surface area contributed by atoms with Gasteiger partial charge in [0.25, 0.3) is 0 Å². The fourth-order valence-electron chi connectivity index (χ4n) is 7.41. The Morgan fingerprint density at radius 2 is 1.79 bits per heavy atom. The van der Waals surface area contributed by atoms with E-state index in [0.29, 0.717) is 45.3 Å². The van der Waals surface area contributed by atoms with E-state index in [1.165, 1.54) is 0 Å². The maximum Gasteiger partial charge on any atom is 0.249 e. The molecule has 8 nitrogen and oxygen atoms in total. The quantitative estimate of drug-likeness (QED) is 0.356. The van der Waals surface area contributed by atoms with Gasteiger partial charge >= 0.3 is 0 Å². The first-order chi connectivity index (χ1) is 18.3. The van der Waals surface area contributed by atoms with Crippen LogP contribution >= 0.6 is 0 Å². The molecule has 8 heteroatoms. The van der Waals surface area contributed by atoms with Crippen LogP contribution in [-0.4, -0.2) is 92.6 Å². The number of amides is 3. The summed E-state index contributed by atoms with van der Waals surface area (Å²) in [7, 11) is 0. The van der Waals surface area contributed by atoms with Gasteiger partial charge in [-0.3, -0.25) is 14.4 Å². The van der Waals surface area contributed by atoms with Gasteiger partial charge in [-0.05, 0) is 58.8 Å². The van der Waals surface area contributed by atoms with Crippen molar-refractivity contribution in [3.63, 3.8) is 0 Å². The third kappa shape index (κ3) is 5.19. The molecule has 0 aliphatic carbocycles. The topological polar surface area (TPSA) is 90.4 Å². The molecule has 3 saturated heterocycles. The highest BCUT2D eigenvalue weighted by atomic mass is 16.5. The maximum atomic E-state index is 14.6. The summed E-state index contributed by atoms with van der Waals surface area (Å²) in [6, 6.07) is -1.47. The van der Waals surface area contributed by atoms with Crippen LogP contribution < -0.4 is 0 Å². The van der Waals surface area contributed by atoms with Crippen molar-refractivity contribution in [2.24, 2.45) is 17.8 Å². The molecule has 6 atom stereocenters. The zero-order chi connectivity index (χ0) is 29.3. The van der Waals surface area contributed by atoms with E-state index in [2.05, 4.69) is 13.2 Å². The van der Waals surface area contributed by atoms with E-state index >= 15 is 0 Å². The number of nitrogens with zero attached hydrogens (tertiary/aromatic N) is 3. The van der Waals surface area contributed by atoms with E-state index < -0.39 is 40.7 Å². The number of rotatable bonds is 13. The van der Waals surface area contributed by atoms with Crippen LogP contribution in [0.15, 0.2) is 25.3 Å². The largest absolute Gasteiger partial charge is 0.394 e. The predicted octanol–water partition coefficient (Wildman–Crippen LogP) is 3.79. The molecule has 39 heavy (non-hydrogen) atoms. The number of aliphatic hydroxyl groups is 1. The third-order valence-corrected chi connectivity index (χ3v) is 9.01. The molecule has 3 fully saturated rings. The van der Waals surface area contributed by atoms with Crippen molar-refractivity contribution in [3.05, 3.63) is 25.3 Å². The molecule has 2 unspecified atom stereocenters. The summed E-state index contributed by atoms with van der Waals surface area (Å²) in [5.74, 6) is -1.82. The second kappa shape index (κ2) is 11.7. The summed E-state index contributed by atoms with van der Waals surface area (Å²) in [6.45, 7) is 22.7. The average molecular weight is 546 g/mol. The lowest BCUT2D eigenvalue weighted by Crippen LogP contribution is -2.61. The SMILES string of the molecule is C=CCN(CCC)C(=O)[C@H]1[C@H]2C(=O)N([C@@H](CO)CC(C)C)C(C(=O)N(CC=C)C(C)(C)C)C23CC[C@]1(CC)O3. The molecule has 2 bridgehead atoms. The minimum absolute atomic E-state index is 0.102. The predicted molar refractivity (Wildman–Crippen MR) is 153 cm³/mol. The van der Waals surface area contributed by atoms with Gasteiger partial charge < -0.3 is 24.5 Å². The number of fused-ring (bicyclic) bond motifs is 1. The van der Waals surface area contributed by atoms with Crippen molar-refractivity contribution in [2.75, 3.05) is 26.2 Å². The first-order valence-electron chi connectivity index (χ1n) is 14.7. The fraction of sp³-hybridized carbons (Fsp3) is 0.774. The lowest BCUT2D eigenvalue weighted by atomic mass is 9.64. The fourth-order valence-corrected chi connectivity index (χ4v) is 7.41. The lowest BCUT2D eigenvalue weighted by Gasteiger charge is -2.43.